The van der Waals surface area contributed by atoms with Gasteiger partial charge in [0.15, 0.2) is 11.5 Å². The van der Waals surface area contributed by atoms with Gasteiger partial charge >= 0.3 is 6.18 Å². The van der Waals surface area contributed by atoms with Crippen molar-refractivity contribution in [1.29, 1.82) is 0 Å². The highest BCUT2D eigenvalue weighted by molar-refractivity contribution is 5.41. The molecule has 112 valence electrons. The van der Waals surface area contributed by atoms with Crippen LogP contribution >= 0.6 is 0 Å². The minimum Gasteiger partial charge on any atom is -0.504 e. The Labute approximate surface area is 116 Å². The Bertz CT molecular complexity index is 454. The van der Waals surface area contributed by atoms with Gasteiger partial charge in [-0.1, -0.05) is 6.07 Å². The summed E-state index contributed by atoms with van der Waals surface area (Å²) in [6.45, 7) is 1.45. The Morgan fingerprint density at radius 1 is 1.30 bits per heavy atom. The quantitative estimate of drug-likeness (QED) is 0.927. The highest BCUT2D eigenvalue weighted by atomic mass is 19.4. The van der Waals surface area contributed by atoms with Crippen LogP contribution in [0.1, 0.15) is 18.4 Å². The van der Waals surface area contributed by atoms with Gasteiger partial charge < -0.3 is 9.84 Å². The molecular weight excluding hydrogens is 271 g/mol. The van der Waals surface area contributed by atoms with Crippen LogP contribution in [0.3, 0.4) is 0 Å². The van der Waals surface area contributed by atoms with Gasteiger partial charge in [0, 0.05) is 6.54 Å². The Hall–Kier alpha value is -1.43. The zero-order valence-electron chi connectivity index (χ0n) is 11.3. The zero-order chi connectivity index (χ0) is 14.8. The molecule has 1 aromatic carbocycles. The molecule has 1 heterocycles. The lowest BCUT2D eigenvalue weighted by Gasteiger charge is -2.32. The summed E-state index contributed by atoms with van der Waals surface area (Å²) in [6.07, 6.45) is -3.77. The number of rotatable bonds is 3. The number of ether oxygens (including phenoxy) is 1. The molecule has 1 fully saturated rings. The molecule has 20 heavy (non-hydrogen) atoms. The lowest BCUT2D eigenvalue weighted by atomic mass is 9.96. The first-order valence-corrected chi connectivity index (χ1v) is 6.55. The SMILES string of the molecule is COc1cc(CN2CCC(C(F)(F)F)CC2)ccc1O. The maximum absolute atomic E-state index is 12.6. The van der Waals surface area contributed by atoms with Crippen molar-refractivity contribution < 1.29 is 23.0 Å². The summed E-state index contributed by atoms with van der Waals surface area (Å²) in [5.41, 5.74) is 0.921. The minimum atomic E-state index is -4.08. The van der Waals surface area contributed by atoms with E-state index >= 15 is 0 Å². The molecular formula is C14H18F3NO2. The number of alkyl halides is 3. The predicted octanol–water partition coefficient (Wildman–Crippen LogP) is 3.18. The molecule has 0 bridgehead atoms. The van der Waals surface area contributed by atoms with Gasteiger partial charge in [0.1, 0.15) is 0 Å². The molecule has 2 rings (SSSR count). The largest absolute Gasteiger partial charge is 0.504 e. The predicted molar refractivity (Wildman–Crippen MR) is 68.7 cm³/mol. The molecule has 1 aromatic rings. The highest BCUT2D eigenvalue weighted by Crippen LogP contribution is 2.34. The number of benzene rings is 1. The van der Waals surface area contributed by atoms with Crippen LogP contribution in [0.4, 0.5) is 13.2 Å². The van der Waals surface area contributed by atoms with Crippen LogP contribution in [0.5, 0.6) is 11.5 Å². The summed E-state index contributed by atoms with van der Waals surface area (Å²) in [6, 6.07) is 5.01. The number of hydrogen-bond acceptors (Lipinski definition) is 3. The van der Waals surface area contributed by atoms with Crippen molar-refractivity contribution >= 4 is 0 Å². The number of likely N-dealkylation sites (tertiary alicyclic amines) is 1. The van der Waals surface area contributed by atoms with Gasteiger partial charge in [0.05, 0.1) is 13.0 Å². The summed E-state index contributed by atoms with van der Waals surface area (Å²) in [5.74, 6) is -0.729. The normalized spacial score (nSPS) is 18.2. The van der Waals surface area contributed by atoms with Gasteiger partial charge in [-0.3, -0.25) is 4.90 Å². The average Bonchev–Trinajstić information content (AvgIpc) is 2.40. The van der Waals surface area contributed by atoms with E-state index in [4.69, 9.17) is 4.74 Å². The Kier molecular flexibility index (Phi) is 4.42. The molecule has 1 aliphatic heterocycles. The third kappa shape index (κ3) is 3.56. The van der Waals surface area contributed by atoms with E-state index in [2.05, 4.69) is 0 Å². The first kappa shape index (κ1) is 15.0. The van der Waals surface area contributed by atoms with Crippen LogP contribution in [0, 0.1) is 5.92 Å². The molecule has 0 aliphatic carbocycles. The molecule has 3 nitrogen and oxygen atoms in total. The zero-order valence-corrected chi connectivity index (χ0v) is 11.3. The summed E-state index contributed by atoms with van der Waals surface area (Å²) in [5, 5.41) is 9.50. The second-order valence-electron chi connectivity index (χ2n) is 5.10. The van der Waals surface area contributed by atoms with E-state index in [1.54, 1.807) is 12.1 Å². The fraction of sp³-hybridized carbons (Fsp3) is 0.571. The van der Waals surface area contributed by atoms with Crippen molar-refractivity contribution in [2.75, 3.05) is 20.2 Å². The van der Waals surface area contributed by atoms with E-state index in [9.17, 15) is 18.3 Å². The third-order valence-corrected chi connectivity index (χ3v) is 3.70. The van der Waals surface area contributed by atoms with E-state index in [1.807, 2.05) is 4.90 Å². The number of piperidine rings is 1. The van der Waals surface area contributed by atoms with Crippen LogP contribution in [0.25, 0.3) is 0 Å². The van der Waals surface area contributed by atoms with Gasteiger partial charge in [0.2, 0.25) is 0 Å². The van der Waals surface area contributed by atoms with E-state index < -0.39 is 12.1 Å². The van der Waals surface area contributed by atoms with Gasteiger partial charge in [-0.25, -0.2) is 0 Å². The highest BCUT2D eigenvalue weighted by Gasteiger charge is 2.40. The summed E-state index contributed by atoms with van der Waals surface area (Å²) < 4.78 is 42.7. The molecule has 0 aromatic heterocycles. The van der Waals surface area contributed by atoms with Crippen LogP contribution in [-0.2, 0) is 6.54 Å². The van der Waals surface area contributed by atoms with Crippen LogP contribution in [-0.4, -0.2) is 36.4 Å². The maximum Gasteiger partial charge on any atom is 0.391 e. The van der Waals surface area contributed by atoms with Gasteiger partial charge in [-0.15, -0.1) is 0 Å². The van der Waals surface area contributed by atoms with Crippen LogP contribution in [0.15, 0.2) is 18.2 Å². The lowest BCUT2D eigenvalue weighted by Crippen LogP contribution is -2.38. The molecule has 0 saturated carbocycles. The minimum absolute atomic E-state index is 0.0621. The molecule has 1 N–H and O–H groups in total. The summed E-state index contributed by atoms with van der Waals surface area (Å²) in [4.78, 5) is 1.99. The Morgan fingerprint density at radius 2 is 1.95 bits per heavy atom. The standard InChI is InChI=1S/C14H18F3NO2/c1-20-13-8-10(2-3-12(13)19)9-18-6-4-11(5-7-18)14(15,16)17/h2-3,8,11,19H,4-7,9H2,1H3. The van der Waals surface area contributed by atoms with E-state index in [1.165, 1.54) is 13.2 Å². The van der Waals surface area contributed by atoms with E-state index in [-0.39, 0.29) is 18.6 Å². The first-order valence-electron chi connectivity index (χ1n) is 6.55. The molecule has 0 unspecified atom stereocenters. The van der Waals surface area contributed by atoms with E-state index in [0.29, 0.717) is 25.4 Å². The fourth-order valence-electron chi connectivity index (χ4n) is 2.50. The van der Waals surface area contributed by atoms with Crippen molar-refractivity contribution in [1.82, 2.24) is 4.90 Å². The molecule has 0 radical (unpaired) electrons. The van der Waals surface area contributed by atoms with Crippen LogP contribution in [0.2, 0.25) is 0 Å². The van der Waals surface area contributed by atoms with Crippen molar-refractivity contribution in [2.45, 2.75) is 25.6 Å². The second-order valence-corrected chi connectivity index (χ2v) is 5.10. The maximum atomic E-state index is 12.6. The fourth-order valence-corrected chi connectivity index (χ4v) is 2.50. The molecule has 0 spiro atoms. The Morgan fingerprint density at radius 3 is 2.50 bits per heavy atom. The van der Waals surface area contributed by atoms with Crippen LogP contribution < -0.4 is 4.74 Å². The summed E-state index contributed by atoms with van der Waals surface area (Å²) >= 11 is 0. The monoisotopic (exact) mass is 289 g/mol. The van der Waals surface area contributed by atoms with Gasteiger partial charge in [-0.05, 0) is 43.6 Å². The smallest absolute Gasteiger partial charge is 0.391 e. The topological polar surface area (TPSA) is 32.7 Å². The molecule has 6 heteroatoms. The molecule has 1 aliphatic rings. The first-order chi connectivity index (χ1) is 9.40. The van der Waals surface area contributed by atoms with Crippen molar-refractivity contribution in [3.8, 4) is 11.5 Å². The van der Waals surface area contributed by atoms with Gasteiger partial charge in [0.25, 0.3) is 0 Å². The number of phenolic OH excluding ortho intramolecular Hbond substituents is 1. The number of hydrogen-bond donors (Lipinski definition) is 1. The van der Waals surface area contributed by atoms with Crippen molar-refractivity contribution in [3.05, 3.63) is 23.8 Å². The third-order valence-electron chi connectivity index (χ3n) is 3.70. The Balaban J connectivity index is 1.93. The van der Waals surface area contributed by atoms with E-state index in [0.717, 1.165) is 5.56 Å². The number of aromatic hydroxyl groups is 1. The molecule has 1 saturated heterocycles. The number of methoxy groups -OCH3 is 1. The second kappa shape index (κ2) is 5.91. The van der Waals surface area contributed by atoms with Crippen molar-refractivity contribution in [2.24, 2.45) is 5.92 Å². The van der Waals surface area contributed by atoms with Gasteiger partial charge in [-0.2, -0.15) is 13.2 Å². The number of halogens is 3. The number of nitrogens with zero attached hydrogens (tertiary/aromatic N) is 1. The average molecular weight is 289 g/mol. The molecule has 0 atom stereocenters. The summed E-state index contributed by atoms with van der Waals surface area (Å²) in [7, 11) is 1.47. The molecule has 0 amide bonds. The lowest BCUT2D eigenvalue weighted by molar-refractivity contribution is -0.185. The van der Waals surface area contributed by atoms with Crippen molar-refractivity contribution in [3.63, 3.8) is 0 Å². The number of phenols is 1.